The fourth-order valence-electron chi connectivity index (χ4n) is 2.05. The Balaban J connectivity index is 2.02. The molecule has 0 saturated heterocycles. The van der Waals surface area contributed by atoms with Crippen LogP contribution in [0.5, 0.6) is 0 Å². The van der Waals surface area contributed by atoms with E-state index in [1.165, 1.54) is 18.4 Å². The first-order valence-corrected chi connectivity index (χ1v) is 6.56. The van der Waals surface area contributed by atoms with Crippen LogP contribution in [-0.2, 0) is 0 Å². The van der Waals surface area contributed by atoms with Crippen molar-refractivity contribution < 1.29 is 0 Å². The normalized spacial score (nSPS) is 19.9. The minimum absolute atomic E-state index is 0.817. The van der Waals surface area contributed by atoms with Crippen molar-refractivity contribution in [3.05, 3.63) is 23.9 Å². The summed E-state index contributed by atoms with van der Waals surface area (Å²) in [5, 5.41) is 11.7. The van der Waals surface area contributed by atoms with E-state index in [1.54, 1.807) is 0 Å². The zero-order chi connectivity index (χ0) is 12.1. The number of anilines is 1. The highest BCUT2D eigenvalue weighted by Gasteiger charge is 2.12. The molecule has 0 fully saturated rings. The summed E-state index contributed by atoms with van der Waals surface area (Å²) >= 11 is 0. The predicted molar refractivity (Wildman–Crippen MR) is 71.8 cm³/mol. The summed E-state index contributed by atoms with van der Waals surface area (Å²) in [5.41, 5.74) is 2.40. The third kappa shape index (κ3) is 3.29. The van der Waals surface area contributed by atoms with E-state index in [9.17, 15) is 0 Å². The van der Waals surface area contributed by atoms with Gasteiger partial charge in [0.05, 0.1) is 5.69 Å². The minimum atomic E-state index is 0.817. The average Bonchev–Trinajstić information content (AvgIpc) is 2.38. The van der Waals surface area contributed by atoms with Crippen molar-refractivity contribution in [2.24, 2.45) is 5.92 Å². The molecule has 0 bridgehead atoms. The van der Waals surface area contributed by atoms with Crippen molar-refractivity contribution >= 4 is 11.4 Å². The van der Waals surface area contributed by atoms with Crippen LogP contribution in [-0.4, -0.2) is 16.7 Å². The van der Waals surface area contributed by atoms with E-state index in [-0.39, 0.29) is 0 Å². The van der Waals surface area contributed by atoms with Crippen molar-refractivity contribution in [2.45, 2.75) is 39.5 Å². The molecule has 92 valence electrons. The maximum atomic E-state index is 4.30. The minimum Gasteiger partial charge on any atom is -0.369 e. The molecular formula is C14H21N3. The molecule has 1 heterocycles. The highest BCUT2D eigenvalue weighted by Crippen LogP contribution is 2.28. The number of hydrogen-bond donors (Lipinski definition) is 1. The van der Waals surface area contributed by atoms with Gasteiger partial charge in [0.25, 0.3) is 0 Å². The number of allylic oxidation sites excluding steroid dienone is 2. The second-order valence-electron chi connectivity index (χ2n) is 4.84. The topological polar surface area (TPSA) is 37.8 Å². The molecule has 0 aliphatic heterocycles. The lowest BCUT2D eigenvalue weighted by Gasteiger charge is -2.17. The van der Waals surface area contributed by atoms with Crippen LogP contribution in [0.2, 0.25) is 0 Å². The van der Waals surface area contributed by atoms with E-state index < -0.39 is 0 Å². The molecule has 17 heavy (non-hydrogen) atoms. The number of hydrogen-bond acceptors (Lipinski definition) is 3. The van der Waals surface area contributed by atoms with Gasteiger partial charge in [0.1, 0.15) is 5.82 Å². The molecule has 0 amide bonds. The van der Waals surface area contributed by atoms with Crippen molar-refractivity contribution in [3.8, 4) is 0 Å². The maximum absolute atomic E-state index is 4.30. The Hall–Kier alpha value is -1.38. The Morgan fingerprint density at radius 2 is 2.24 bits per heavy atom. The van der Waals surface area contributed by atoms with E-state index in [0.717, 1.165) is 36.8 Å². The van der Waals surface area contributed by atoms with E-state index in [1.807, 2.05) is 6.07 Å². The Labute approximate surface area is 103 Å². The van der Waals surface area contributed by atoms with Crippen molar-refractivity contribution in [1.29, 1.82) is 0 Å². The molecule has 1 aliphatic carbocycles. The second kappa shape index (κ2) is 5.80. The summed E-state index contributed by atoms with van der Waals surface area (Å²) in [4.78, 5) is 0. The van der Waals surface area contributed by atoms with E-state index in [0.29, 0.717) is 0 Å². The van der Waals surface area contributed by atoms with Gasteiger partial charge < -0.3 is 5.32 Å². The molecule has 1 aliphatic rings. The van der Waals surface area contributed by atoms with E-state index in [2.05, 4.69) is 41.5 Å². The lowest BCUT2D eigenvalue weighted by atomic mass is 9.90. The van der Waals surface area contributed by atoms with E-state index >= 15 is 0 Å². The molecule has 1 aromatic heterocycles. The molecule has 0 radical (unpaired) electrons. The average molecular weight is 231 g/mol. The van der Waals surface area contributed by atoms with Gasteiger partial charge in [-0.05, 0) is 49.3 Å². The summed E-state index contributed by atoms with van der Waals surface area (Å²) in [5.74, 6) is 1.69. The van der Waals surface area contributed by atoms with Crippen molar-refractivity contribution in [2.75, 3.05) is 11.9 Å². The lowest BCUT2D eigenvalue weighted by Crippen LogP contribution is -2.05. The Morgan fingerprint density at radius 1 is 1.35 bits per heavy atom. The first-order valence-electron chi connectivity index (χ1n) is 6.56. The van der Waals surface area contributed by atoms with Crippen LogP contribution < -0.4 is 5.32 Å². The molecule has 2 rings (SSSR count). The van der Waals surface area contributed by atoms with Crippen LogP contribution in [0, 0.1) is 5.92 Å². The number of nitrogens with zero attached hydrogens (tertiary/aromatic N) is 2. The quantitative estimate of drug-likeness (QED) is 0.861. The number of aromatic nitrogens is 2. The molecule has 1 atom stereocenters. The summed E-state index contributed by atoms with van der Waals surface area (Å²) in [6.07, 6.45) is 7.00. The van der Waals surface area contributed by atoms with Crippen LogP contribution in [0.15, 0.2) is 18.2 Å². The Bertz CT molecular complexity index is 381. The van der Waals surface area contributed by atoms with Gasteiger partial charge in [-0.3, -0.25) is 0 Å². The van der Waals surface area contributed by atoms with Gasteiger partial charge in [-0.1, -0.05) is 19.9 Å². The molecule has 3 nitrogen and oxygen atoms in total. The molecular weight excluding hydrogens is 210 g/mol. The molecule has 1 aromatic rings. The van der Waals surface area contributed by atoms with Crippen LogP contribution in [0.3, 0.4) is 0 Å². The summed E-state index contributed by atoms with van der Waals surface area (Å²) < 4.78 is 0. The smallest absolute Gasteiger partial charge is 0.148 e. The van der Waals surface area contributed by atoms with Crippen LogP contribution in [0.4, 0.5) is 5.82 Å². The first-order chi connectivity index (χ1) is 8.29. The number of nitrogens with one attached hydrogen (secondary N) is 1. The highest BCUT2D eigenvalue weighted by atomic mass is 15.2. The van der Waals surface area contributed by atoms with Gasteiger partial charge in [-0.25, -0.2) is 0 Å². The van der Waals surface area contributed by atoms with Crippen molar-refractivity contribution in [1.82, 2.24) is 10.2 Å². The maximum Gasteiger partial charge on any atom is 0.148 e. The molecule has 1 unspecified atom stereocenters. The van der Waals surface area contributed by atoms with Gasteiger partial charge in [0.15, 0.2) is 0 Å². The van der Waals surface area contributed by atoms with Crippen LogP contribution in [0.25, 0.3) is 5.57 Å². The van der Waals surface area contributed by atoms with Gasteiger partial charge in [0.2, 0.25) is 0 Å². The van der Waals surface area contributed by atoms with Gasteiger partial charge in [-0.2, -0.15) is 0 Å². The molecule has 1 N–H and O–H groups in total. The van der Waals surface area contributed by atoms with E-state index in [4.69, 9.17) is 0 Å². The van der Waals surface area contributed by atoms with Gasteiger partial charge >= 0.3 is 0 Å². The zero-order valence-electron chi connectivity index (χ0n) is 10.7. The Kier molecular flexibility index (Phi) is 4.13. The highest BCUT2D eigenvalue weighted by molar-refractivity contribution is 5.63. The largest absolute Gasteiger partial charge is 0.369 e. The fraction of sp³-hybridized carbons (Fsp3) is 0.571. The lowest BCUT2D eigenvalue weighted by molar-refractivity contribution is 0.533. The van der Waals surface area contributed by atoms with Crippen molar-refractivity contribution in [3.63, 3.8) is 0 Å². The first kappa shape index (κ1) is 12.1. The second-order valence-corrected chi connectivity index (χ2v) is 4.84. The molecule has 3 heteroatoms. The monoisotopic (exact) mass is 231 g/mol. The standard InChI is InChI=1S/C14H21N3/c1-3-10-15-14-9-8-13(16-17-14)12-6-4-11(2)5-7-12/h6,8-9,11H,3-5,7,10H2,1-2H3,(H,15,17). The summed E-state index contributed by atoms with van der Waals surface area (Å²) in [6.45, 7) is 5.40. The Morgan fingerprint density at radius 3 is 2.82 bits per heavy atom. The summed E-state index contributed by atoms with van der Waals surface area (Å²) in [6, 6.07) is 4.10. The zero-order valence-corrected chi connectivity index (χ0v) is 10.7. The third-order valence-corrected chi connectivity index (χ3v) is 3.22. The molecule has 0 aromatic carbocycles. The van der Waals surface area contributed by atoms with Crippen LogP contribution in [0.1, 0.15) is 45.2 Å². The molecule has 0 spiro atoms. The van der Waals surface area contributed by atoms with Gasteiger partial charge in [-0.15, -0.1) is 10.2 Å². The molecule has 0 saturated carbocycles. The number of rotatable bonds is 4. The fourth-order valence-corrected chi connectivity index (χ4v) is 2.05. The third-order valence-electron chi connectivity index (χ3n) is 3.22. The van der Waals surface area contributed by atoms with Crippen LogP contribution >= 0.6 is 0 Å². The van der Waals surface area contributed by atoms with Gasteiger partial charge in [0, 0.05) is 6.54 Å². The predicted octanol–water partition coefficient (Wildman–Crippen LogP) is 3.50. The summed E-state index contributed by atoms with van der Waals surface area (Å²) in [7, 11) is 0. The SMILES string of the molecule is CCCNc1ccc(C2=CCC(C)CC2)nn1.